The van der Waals surface area contributed by atoms with Crippen molar-refractivity contribution in [3.8, 4) is 17.2 Å². The molecule has 3 rings (SSSR count). The molecule has 0 saturated carbocycles. The van der Waals surface area contributed by atoms with E-state index in [0.29, 0.717) is 41.6 Å². The largest absolute Gasteiger partial charge is 0.490 e. The lowest BCUT2D eigenvalue weighted by Crippen LogP contribution is -2.20. The third-order valence-corrected chi connectivity index (χ3v) is 4.74. The predicted molar refractivity (Wildman–Crippen MR) is 130 cm³/mol. The average Bonchev–Trinajstić information content (AvgIpc) is 2.83. The van der Waals surface area contributed by atoms with E-state index in [4.69, 9.17) is 31.5 Å². The zero-order valence-corrected chi connectivity index (χ0v) is 19.2. The van der Waals surface area contributed by atoms with E-state index in [1.807, 2.05) is 37.3 Å². The third kappa shape index (κ3) is 7.25. The maximum Gasteiger partial charge on any atom is 0.271 e. The summed E-state index contributed by atoms with van der Waals surface area (Å²) in [6.45, 7) is 2.38. The number of amides is 2. The minimum Gasteiger partial charge on any atom is -0.490 e. The van der Waals surface area contributed by atoms with Gasteiger partial charge in [-0.05, 0) is 54.4 Å². The molecule has 0 aliphatic carbocycles. The highest BCUT2D eigenvalue weighted by Gasteiger charge is 2.12. The van der Waals surface area contributed by atoms with Crippen molar-refractivity contribution in [3.63, 3.8) is 0 Å². The van der Waals surface area contributed by atoms with Gasteiger partial charge in [0.05, 0.1) is 17.8 Å². The minimum absolute atomic E-state index is 0.275. The van der Waals surface area contributed by atoms with E-state index in [-0.39, 0.29) is 11.6 Å². The van der Waals surface area contributed by atoms with Crippen LogP contribution >= 0.6 is 11.6 Å². The van der Waals surface area contributed by atoms with Crippen LogP contribution in [-0.4, -0.2) is 31.2 Å². The highest BCUT2D eigenvalue weighted by molar-refractivity contribution is 6.32. The number of nitrogens with zero attached hydrogens (tertiary/aromatic N) is 1. The Hall–Kier alpha value is -4.04. The predicted octanol–water partition coefficient (Wildman–Crippen LogP) is 3.95. The first-order chi connectivity index (χ1) is 16.5. The Morgan fingerprint density at radius 1 is 0.971 bits per heavy atom. The Bertz CT molecular complexity index is 1170. The molecule has 0 saturated heterocycles. The molecule has 0 radical (unpaired) electrons. The van der Waals surface area contributed by atoms with Crippen LogP contribution in [0.4, 0.5) is 0 Å². The number of carbonyl (C=O) groups is 2. The lowest BCUT2D eigenvalue weighted by molar-refractivity contribution is -0.119. The maximum atomic E-state index is 12.5. The van der Waals surface area contributed by atoms with Crippen LogP contribution in [0.25, 0.3) is 0 Å². The quantitative estimate of drug-likeness (QED) is 0.318. The van der Waals surface area contributed by atoms with Gasteiger partial charge in [0.25, 0.3) is 11.8 Å². The van der Waals surface area contributed by atoms with Gasteiger partial charge in [-0.3, -0.25) is 9.59 Å². The molecule has 0 unspecified atom stereocenters. The van der Waals surface area contributed by atoms with Gasteiger partial charge in [-0.25, -0.2) is 5.43 Å². The molecule has 3 N–H and O–H groups in total. The summed E-state index contributed by atoms with van der Waals surface area (Å²) in [7, 11) is 0. The smallest absolute Gasteiger partial charge is 0.271 e. The maximum absolute atomic E-state index is 12.5. The Balaban J connectivity index is 1.62. The lowest BCUT2D eigenvalue weighted by atomic mass is 10.2. The first kappa shape index (κ1) is 24.6. The molecule has 176 valence electrons. The molecule has 2 amide bonds. The molecule has 0 aromatic heterocycles. The molecule has 9 heteroatoms. The molecule has 34 heavy (non-hydrogen) atoms. The summed E-state index contributed by atoms with van der Waals surface area (Å²) < 4.78 is 16.7. The number of nitrogens with one attached hydrogen (secondary N) is 1. The number of carbonyl (C=O) groups excluding carboxylic acids is 2. The number of rotatable bonds is 11. The van der Waals surface area contributed by atoms with Gasteiger partial charge in [0, 0.05) is 5.56 Å². The second-order valence-corrected chi connectivity index (χ2v) is 7.42. The van der Waals surface area contributed by atoms with E-state index in [0.717, 1.165) is 5.56 Å². The van der Waals surface area contributed by atoms with Gasteiger partial charge in [0.1, 0.15) is 12.4 Å². The number of primary amides is 1. The first-order valence-corrected chi connectivity index (χ1v) is 10.8. The van der Waals surface area contributed by atoms with Crippen LogP contribution in [0.2, 0.25) is 5.02 Å². The van der Waals surface area contributed by atoms with Gasteiger partial charge < -0.3 is 19.9 Å². The number of nitrogens with two attached hydrogens (primary N) is 1. The number of hydrogen-bond donors (Lipinski definition) is 2. The molecular weight excluding hydrogens is 458 g/mol. The van der Waals surface area contributed by atoms with Gasteiger partial charge in [-0.1, -0.05) is 41.9 Å². The number of benzene rings is 3. The lowest BCUT2D eigenvalue weighted by Gasteiger charge is -2.13. The van der Waals surface area contributed by atoms with E-state index in [2.05, 4.69) is 10.5 Å². The Morgan fingerprint density at radius 2 is 1.74 bits per heavy atom. The van der Waals surface area contributed by atoms with Crippen molar-refractivity contribution in [1.29, 1.82) is 0 Å². The second kappa shape index (κ2) is 12.3. The molecule has 0 spiro atoms. The summed E-state index contributed by atoms with van der Waals surface area (Å²) in [5.74, 6) is 0.305. The average molecular weight is 482 g/mol. The van der Waals surface area contributed by atoms with Gasteiger partial charge in [0.15, 0.2) is 18.1 Å². The summed E-state index contributed by atoms with van der Waals surface area (Å²) in [5, 5.41) is 4.25. The number of hydrogen-bond acceptors (Lipinski definition) is 6. The molecule has 0 atom stereocenters. The van der Waals surface area contributed by atoms with Crippen molar-refractivity contribution < 1.29 is 23.8 Å². The fourth-order valence-electron chi connectivity index (χ4n) is 2.87. The molecule has 0 bridgehead atoms. The van der Waals surface area contributed by atoms with Gasteiger partial charge in [-0.15, -0.1) is 0 Å². The van der Waals surface area contributed by atoms with Crippen LogP contribution in [-0.2, 0) is 11.4 Å². The van der Waals surface area contributed by atoms with Gasteiger partial charge in [0.2, 0.25) is 0 Å². The van der Waals surface area contributed by atoms with Crippen LogP contribution in [0.5, 0.6) is 17.2 Å². The number of halogens is 1. The molecule has 0 fully saturated rings. The van der Waals surface area contributed by atoms with E-state index < -0.39 is 11.8 Å². The topological polar surface area (TPSA) is 112 Å². The molecule has 8 nitrogen and oxygen atoms in total. The zero-order valence-electron chi connectivity index (χ0n) is 18.5. The van der Waals surface area contributed by atoms with E-state index in [9.17, 15) is 9.59 Å². The van der Waals surface area contributed by atoms with Crippen molar-refractivity contribution in [2.24, 2.45) is 10.8 Å². The summed E-state index contributed by atoms with van der Waals surface area (Å²) in [6.07, 6.45) is 1.43. The van der Waals surface area contributed by atoms with Crippen molar-refractivity contribution in [2.45, 2.75) is 13.5 Å². The van der Waals surface area contributed by atoms with Crippen molar-refractivity contribution in [2.75, 3.05) is 13.2 Å². The van der Waals surface area contributed by atoms with Crippen LogP contribution in [0.1, 0.15) is 28.4 Å². The van der Waals surface area contributed by atoms with Gasteiger partial charge in [-0.2, -0.15) is 5.10 Å². The number of ether oxygens (including phenoxy) is 3. The Kier molecular flexibility index (Phi) is 8.88. The van der Waals surface area contributed by atoms with E-state index >= 15 is 0 Å². The van der Waals surface area contributed by atoms with Crippen LogP contribution < -0.4 is 25.4 Å². The van der Waals surface area contributed by atoms with Crippen LogP contribution in [0.15, 0.2) is 71.8 Å². The molecule has 3 aromatic carbocycles. The summed E-state index contributed by atoms with van der Waals surface area (Å²) in [4.78, 5) is 23.4. The summed E-state index contributed by atoms with van der Waals surface area (Å²) in [5.41, 5.74) is 9.52. The fourth-order valence-corrected chi connectivity index (χ4v) is 3.11. The van der Waals surface area contributed by atoms with Gasteiger partial charge >= 0.3 is 0 Å². The van der Waals surface area contributed by atoms with Crippen molar-refractivity contribution in [1.82, 2.24) is 5.43 Å². The highest BCUT2D eigenvalue weighted by Crippen LogP contribution is 2.29. The molecular formula is C25H24ClN3O5. The first-order valence-electron chi connectivity index (χ1n) is 10.4. The highest BCUT2D eigenvalue weighted by atomic mass is 35.5. The molecule has 0 aliphatic rings. The Morgan fingerprint density at radius 3 is 2.44 bits per heavy atom. The standard InChI is InChI=1S/C25H24ClN3O5/c1-2-32-23-13-19(9-11-22(23)33-15-17-6-4-3-5-7-17)25(31)29-28-14-18-8-10-21(20(26)12-18)34-16-24(27)30/h3-14H,2,15-16H2,1H3,(H2,27,30)(H,29,31)/b28-14+. The molecule has 3 aromatic rings. The third-order valence-electron chi connectivity index (χ3n) is 4.45. The van der Waals surface area contributed by atoms with Crippen LogP contribution in [0, 0.1) is 0 Å². The monoisotopic (exact) mass is 481 g/mol. The summed E-state index contributed by atoms with van der Waals surface area (Å²) in [6, 6.07) is 19.5. The van der Waals surface area contributed by atoms with Crippen molar-refractivity contribution >= 4 is 29.6 Å². The Labute approximate surface area is 202 Å². The fraction of sp³-hybridized carbons (Fsp3) is 0.160. The number of hydrazone groups is 1. The van der Waals surface area contributed by atoms with E-state index in [1.165, 1.54) is 6.21 Å². The van der Waals surface area contributed by atoms with E-state index in [1.54, 1.807) is 36.4 Å². The molecule has 0 aliphatic heterocycles. The summed E-state index contributed by atoms with van der Waals surface area (Å²) >= 11 is 6.13. The van der Waals surface area contributed by atoms with Crippen molar-refractivity contribution in [3.05, 3.63) is 88.4 Å². The normalized spacial score (nSPS) is 10.6. The zero-order chi connectivity index (χ0) is 24.3. The SMILES string of the molecule is CCOc1cc(C(=O)N/N=C/c2ccc(OCC(N)=O)c(Cl)c2)ccc1OCc1ccccc1. The minimum atomic E-state index is -0.604. The molecule has 0 heterocycles. The van der Waals surface area contributed by atoms with Crippen LogP contribution in [0.3, 0.4) is 0 Å². The second-order valence-electron chi connectivity index (χ2n) is 7.01.